The molecule has 58 heavy (non-hydrogen) atoms. The highest BCUT2D eigenvalue weighted by molar-refractivity contribution is 5.97. The number of hydrogen-bond donors (Lipinski definition) is 1. The molecule has 0 bridgehead atoms. The van der Waals surface area contributed by atoms with Gasteiger partial charge in [0.1, 0.15) is 11.6 Å². The van der Waals surface area contributed by atoms with E-state index in [2.05, 4.69) is 20.8 Å². The van der Waals surface area contributed by atoms with E-state index in [4.69, 9.17) is 34.6 Å². The fourth-order valence-corrected chi connectivity index (χ4v) is 7.28. The highest BCUT2D eigenvalue weighted by atomic mass is 16.3. The van der Waals surface area contributed by atoms with Crippen LogP contribution in [0.25, 0.3) is 72.7 Å². The molecule has 0 radical (unpaired) electrons. The first-order valence-electron chi connectivity index (χ1n) is 27.8. The number of rotatable bonds is 6. The molecule has 0 amide bonds. The van der Waals surface area contributed by atoms with Gasteiger partial charge in [0.15, 0.2) is 0 Å². The maximum Gasteiger partial charge on any atom is 0.149 e. The molecule has 6 aromatic carbocycles. The monoisotopic (exact) mass is 778 g/mol. The Morgan fingerprint density at radius 3 is 1.90 bits per heavy atom. The lowest BCUT2D eigenvalue weighted by molar-refractivity contribution is 0.477. The van der Waals surface area contributed by atoms with E-state index in [0.717, 1.165) is 5.56 Å². The van der Waals surface area contributed by atoms with Crippen LogP contribution in [0.3, 0.4) is 0 Å². The Kier molecular flexibility index (Phi) is 5.69. The van der Waals surface area contributed by atoms with Crippen LogP contribution < -0.4 is 0 Å². The molecule has 8 aromatic rings. The van der Waals surface area contributed by atoms with Crippen LogP contribution in [0.1, 0.15) is 103 Å². The van der Waals surface area contributed by atoms with Crippen molar-refractivity contribution >= 4 is 11.0 Å². The molecule has 0 aliphatic heterocycles. The van der Waals surface area contributed by atoms with Crippen molar-refractivity contribution in [1.29, 1.82) is 0 Å². The Labute approximate surface area is 369 Å². The minimum atomic E-state index is -3.53. The second-order valence-electron chi connectivity index (χ2n) is 15.6. The smallest absolute Gasteiger partial charge is 0.149 e. The lowest BCUT2D eigenvalue weighted by Crippen LogP contribution is -2.12. The number of fused-ring (bicyclic) bond motifs is 1. The average Bonchev–Trinajstić information content (AvgIpc) is 3.69. The quantitative estimate of drug-likeness (QED) is 0.183. The van der Waals surface area contributed by atoms with Crippen LogP contribution in [-0.2, 0) is 16.2 Å². The highest BCUT2D eigenvalue weighted by Crippen LogP contribution is 2.42. The van der Waals surface area contributed by atoms with Crippen LogP contribution >= 0.6 is 0 Å². The second-order valence-corrected chi connectivity index (χ2v) is 15.6. The summed E-state index contributed by atoms with van der Waals surface area (Å²) >= 11 is 0. The first-order valence-corrected chi connectivity index (χ1v) is 18.8. The fourth-order valence-electron chi connectivity index (χ4n) is 7.28. The summed E-state index contributed by atoms with van der Waals surface area (Å²) in [7, 11) is 0. The lowest BCUT2D eigenvalue weighted by atomic mass is 9.83. The summed E-state index contributed by atoms with van der Waals surface area (Å²) in [4.78, 5) is 10.00. The Hall–Kier alpha value is -6.26. The molecule has 0 atom stereocenters. The van der Waals surface area contributed by atoms with Crippen LogP contribution in [0, 0.1) is 0 Å². The third kappa shape index (κ3) is 7.47. The summed E-state index contributed by atoms with van der Waals surface area (Å²) in [5, 5.41) is 11.5. The first-order chi connectivity index (χ1) is 35.1. The summed E-state index contributed by atoms with van der Waals surface area (Å²) in [5.41, 5.74) is -0.628. The number of benzene rings is 6. The fraction of sp³-hybridized carbons (Fsp3) is 0.222. The molecule has 4 nitrogen and oxygen atoms in total. The summed E-state index contributed by atoms with van der Waals surface area (Å²) in [6.07, 6.45) is 1.59. The second kappa shape index (κ2) is 14.6. The van der Waals surface area contributed by atoms with Gasteiger partial charge < -0.3 is 5.11 Å². The van der Waals surface area contributed by atoms with E-state index in [9.17, 15) is 5.11 Å². The molecule has 2 heterocycles. The number of pyridine rings is 1. The Morgan fingerprint density at radius 1 is 0.500 bits per heavy atom. The van der Waals surface area contributed by atoms with Gasteiger partial charge in [-0.25, -0.2) is 4.98 Å². The van der Waals surface area contributed by atoms with Gasteiger partial charge >= 0.3 is 0 Å². The molecule has 2 aromatic heterocycles. The number of aromatic hydroxyl groups is 1. The van der Waals surface area contributed by atoms with Crippen molar-refractivity contribution in [2.24, 2.45) is 0 Å². The van der Waals surface area contributed by atoms with Gasteiger partial charge in [-0.2, -0.15) is 0 Å². The first kappa shape index (κ1) is 22.6. The van der Waals surface area contributed by atoms with Gasteiger partial charge in [0.05, 0.1) is 28.0 Å². The maximum absolute atomic E-state index is 11.5. The van der Waals surface area contributed by atoms with Gasteiger partial charge in [0, 0.05) is 47.6 Å². The molecule has 0 saturated carbocycles. The van der Waals surface area contributed by atoms with Crippen LogP contribution in [0.2, 0.25) is 0 Å². The molecule has 0 saturated heterocycles. The van der Waals surface area contributed by atoms with E-state index in [1.807, 2.05) is 42.5 Å². The average molecular weight is 778 g/mol. The third-order valence-corrected chi connectivity index (χ3v) is 10.4. The van der Waals surface area contributed by atoms with E-state index in [-0.39, 0.29) is 22.7 Å². The van der Waals surface area contributed by atoms with E-state index < -0.39 is 62.9 Å². The van der Waals surface area contributed by atoms with Gasteiger partial charge in [-0.15, -0.1) is 0 Å². The zero-order valence-corrected chi connectivity index (χ0v) is 32.2. The van der Waals surface area contributed by atoms with Gasteiger partial charge in [-0.1, -0.05) is 153 Å². The molecular weight excluding hydrogens is 707 g/mol. The minimum absolute atomic E-state index is 0.117. The van der Waals surface area contributed by atoms with E-state index in [1.165, 1.54) is 48.5 Å². The number of phenolic OH excluding ortho intramolecular Hbond substituents is 1. The van der Waals surface area contributed by atoms with E-state index in [1.54, 1.807) is 65.4 Å². The SMILES string of the molecule is [2H]C([2H])([2H])C(c1ccc(-c2ccnc(-c3cc(-c4cccc5c4nc(-c4ccccc4O)n5-c4ccc(C(C([2H])([2H])[2H])(C([2H])([2H])[2H])C([2H])([2H])[2H])cc4-c4ccccc4)cc(C(C)(C)C)c3)c2)cc1)(C([2H])([2H])[2H])C([2H])([2H])[2H]. The third-order valence-electron chi connectivity index (χ3n) is 10.4. The standard InChI is InChI=1S/C54H53N3O/c1-52(2,3)40-24-22-35(23-25-40)37-28-29-55-46(33-37)39-30-38(31-42(32-39)54(7,8)9)43-19-15-20-48-50(43)56-51(44-18-13-14-21-49(44)58)57(48)47-27-26-41(53(4,5)6)34-45(47)36-16-11-10-12-17-36/h10-34,58H,1-9H3/i1D3,2D3,3D3,4D3,5D3,6D3. The zero-order chi connectivity index (χ0) is 56.0. The molecule has 0 aliphatic rings. The summed E-state index contributed by atoms with van der Waals surface area (Å²) in [5.74, 6) is 0.133. The van der Waals surface area contributed by atoms with Crippen LogP contribution in [0.4, 0.5) is 0 Å². The molecular formula is C54H53N3O. The van der Waals surface area contributed by atoms with Crippen LogP contribution in [0.5, 0.6) is 5.75 Å². The number of para-hydroxylation sites is 2. The van der Waals surface area contributed by atoms with Crippen molar-refractivity contribution < 1.29 is 29.8 Å². The van der Waals surface area contributed by atoms with Crippen molar-refractivity contribution in [2.75, 3.05) is 0 Å². The Morgan fingerprint density at radius 2 is 1.17 bits per heavy atom. The van der Waals surface area contributed by atoms with Crippen molar-refractivity contribution in [3.05, 3.63) is 168 Å². The van der Waals surface area contributed by atoms with Gasteiger partial charge in [0.2, 0.25) is 0 Å². The molecule has 0 spiro atoms. The van der Waals surface area contributed by atoms with Crippen molar-refractivity contribution in [1.82, 2.24) is 14.5 Å². The number of phenols is 1. The number of nitrogens with zero attached hydrogens (tertiary/aromatic N) is 3. The maximum atomic E-state index is 11.5. The van der Waals surface area contributed by atoms with Gasteiger partial charge in [0.25, 0.3) is 0 Å². The summed E-state index contributed by atoms with van der Waals surface area (Å²) in [6.45, 7) is -14.7. The molecule has 290 valence electrons. The topological polar surface area (TPSA) is 50.9 Å². The lowest BCUT2D eigenvalue weighted by Gasteiger charge is -2.23. The van der Waals surface area contributed by atoms with Crippen LogP contribution in [-0.4, -0.2) is 19.6 Å². The number of imidazole rings is 1. The normalized spacial score (nSPS) is 18.2. The van der Waals surface area contributed by atoms with Crippen molar-refractivity contribution in [3.8, 4) is 67.5 Å². The van der Waals surface area contributed by atoms with E-state index in [0.29, 0.717) is 61.4 Å². The summed E-state index contributed by atoms with van der Waals surface area (Å²) < 4.78 is 152. The van der Waals surface area contributed by atoms with E-state index >= 15 is 0 Å². The zero-order valence-electron chi connectivity index (χ0n) is 50.2. The molecule has 8 rings (SSSR count). The molecule has 1 N–H and O–H groups in total. The predicted octanol–water partition coefficient (Wildman–Crippen LogP) is 14.4. The largest absolute Gasteiger partial charge is 0.507 e. The van der Waals surface area contributed by atoms with Crippen molar-refractivity contribution in [2.45, 2.75) is 78.1 Å². The number of aromatic nitrogens is 3. The molecule has 0 unspecified atom stereocenters. The Balaban J connectivity index is 1.35. The molecule has 0 aliphatic carbocycles. The Bertz CT molecular complexity index is 3380. The minimum Gasteiger partial charge on any atom is -0.507 e. The van der Waals surface area contributed by atoms with Crippen LogP contribution in [0.15, 0.2) is 152 Å². The van der Waals surface area contributed by atoms with Gasteiger partial charge in [-0.3, -0.25) is 9.55 Å². The number of hydrogen-bond acceptors (Lipinski definition) is 3. The predicted molar refractivity (Wildman–Crippen MR) is 244 cm³/mol. The molecule has 4 heteroatoms. The van der Waals surface area contributed by atoms with Crippen molar-refractivity contribution in [3.63, 3.8) is 0 Å². The van der Waals surface area contributed by atoms with Gasteiger partial charge in [-0.05, 0) is 110 Å². The molecule has 0 fully saturated rings. The highest BCUT2D eigenvalue weighted by Gasteiger charge is 2.25. The summed E-state index contributed by atoms with van der Waals surface area (Å²) in [6, 6.07) is 39.8.